The first-order chi connectivity index (χ1) is 7.61. The summed E-state index contributed by atoms with van der Waals surface area (Å²) < 4.78 is 6.99. The second-order valence-electron chi connectivity index (χ2n) is 4.43. The van der Waals surface area contributed by atoms with Gasteiger partial charge in [-0.3, -0.25) is 0 Å². The van der Waals surface area contributed by atoms with Crippen molar-refractivity contribution >= 4 is 0 Å². The SMILES string of the molecule is CCCNCc1nnnn1C(C)(C)COC. The summed E-state index contributed by atoms with van der Waals surface area (Å²) in [6.45, 7) is 8.47. The molecule has 0 saturated carbocycles. The van der Waals surface area contributed by atoms with E-state index in [0.29, 0.717) is 13.2 Å². The Labute approximate surface area is 96.4 Å². The molecular weight excluding hydrogens is 206 g/mol. The van der Waals surface area contributed by atoms with E-state index in [1.54, 1.807) is 7.11 Å². The molecule has 0 aliphatic heterocycles. The maximum atomic E-state index is 5.17. The average Bonchev–Trinajstić information content (AvgIpc) is 2.67. The number of tetrazole rings is 1. The summed E-state index contributed by atoms with van der Waals surface area (Å²) in [5.41, 5.74) is -0.221. The Morgan fingerprint density at radius 3 is 2.81 bits per heavy atom. The van der Waals surface area contributed by atoms with Gasteiger partial charge < -0.3 is 10.1 Å². The van der Waals surface area contributed by atoms with E-state index in [9.17, 15) is 0 Å². The van der Waals surface area contributed by atoms with E-state index in [1.165, 1.54) is 0 Å². The molecule has 0 aliphatic carbocycles. The van der Waals surface area contributed by atoms with Crippen LogP contribution in [0.4, 0.5) is 0 Å². The number of hydrogen-bond donors (Lipinski definition) is 1. The molecule has 0 fully saturated rings. The lowest BCUT2D eigenvalue weighted by atomic mass is 10.1. The second kappa shape index (κ2) is 5.91. The Kier molecular flexibility index (Phi) is 4.82. The molecule has 0 spiro atoms. The molecule has 1 N–H and O–H groups in total. The quantitative estimate of drug-likeness (QED) is 0.689. The fourth-order valence-electron chi connectivity index (χ4n) is 1.58. The average molecular weight is 227 g/mol. The van der Waals surface area contributed by atoms with Gasteiger partial charge in [0.05, 0.1) is 18.7 Å². The topological polar surface area (TPSA) is 64.9 Å². The zero-order chi connectivity index (χ0) is 12.0. The number of nitrogens with zero attached hydrogens (tertiary/aromatic N) is 4. The van der Waals surface area contributed by atoms with Crippen molar-refractivity contribution in [2.75, 3.05) is 20.3 Å². The minimum absolute atomic E-state index is 0.221. The van der Waals surface area contributed by atoms with Gasteiger partial charge in [-0.05, 0) is 37.2 Å². The van der Waals surface area contributed by atoms with E-state index in [4.69, 9.17) is 4.74 Å². The molecule has 1 aromatic rings. The van der Waals surface area contributed by atoms with Crippen molar-refractivity contribution in [2.45, 2.75) is 39.3 Å². The molecule has 6 heteroatoms. The molecule has 16 heavy (non-hydrogen) atoms. The maximum Gasteiger partial charge on any atom is 0.165 e. The third kappa shape index (κ3) is 3.24. The Balaban J connectivity index is 2.69. The molecule has 6 nitrogen and oxygen atoms in total. The van der Waals surface area contributed by atoms with Crippen molar-refractivity contribution in [2.24, 2.45) is 0 Å². The number of ether oxygens (including phenoxy) is 1. The number of nitrogens with one attached hydrogen (secondary N) is 1. The van der Waals surface area contributed by atoms with Crippen LogP contribution in [0, 0.1) is 0 Å². The van der Waals surface area contributed by atoms with Crippen molar-refractivity contribution in [3.63, 3.8) is 0 Å². The van der Waals surface area contributed by atoms with Crippen molar-refractivity contribution in [1.29, 1.82) is 0 Å². The van der Waals surface area contributed by atoms with Crippen molar-refractivity contribution < 1.29 is 4.74 Å². The maximum absolute atomic E-state index is 5.17. The Morgan fingerprint density at radius 1 is 1.44 bits per heavy atom. The van der Waals surface area contributed by atoms with Gasteiger partial charge in [-0.1, -0.05) is 6.92 Å². The predicted molar refractivity (Wildman–Crippen MR) is 61.0 cm³/mol. The van der Waals surface area contributed by atoms with E-state index in [2.05, 4.69) is 41.6 Å². The van der Waals surface area contributed by atoms with Crippen LogP contribution in [0.3, 0.4) is 0 Å². The van der Waals surface area contributed by atoms with Crippen LogP contribution < -0.4 is 5.32 Å². The van der Waals surface area contributed by atoms with Gasteiger partial charge in [0.1, 0.15) is 0 Å². The highest BCUT2D eigenvalue weighted by Crippen LogP contribution is 2.14. The summed E-state index contributed by atoms with van der Waals surface area (Å²) in [5, 5.41) is 15.0. The highest BCUT2D eigenvalue weighted by molar-refractivity contribution is 4.88. The fraction of sp³-hybridized carbons (Fsp3) is 0.900. The smallest absolute Gasteiger partial charge is 0.165 e. The Morgan fingerprint density at radius 2 is 2.19 bits per heavy atom. The largest absolute Gasteiger partial charge is 0.382 e. The van der Waals surface area contributed by atoms with Gasteiger partial charge in [0, 0.05) is 7.11 Å². The Hall–Kier alpha value is -1.01. The normalized spacial score (nSPS) is 12.0. The standard InChI is InChI=1S/C10H21N5O/c1-5-6-11-7-9-12-13-14-15(9)10(2,3)8-16-4/h11H,5-8H2,1-4H3. The van der Waals surface area contributed by atoms with Crippen LogP contribution in [0.2, 0.25) is 0 Å². The highest BCUT2D eigenvalue weighted by atomic mass is 16.5. The van der Waals surface area contributed by atoms with Crippen molar-refractivity contribution in [3.05, 3.63) is 5.82 Å². The van der Waals surface area contributed by atoms with Crippen molar-refractivity contribution in [1.82, 2.24) is 25.5 Å². The lowest BCUT2D eigenvalue weighted by molar-refractivity contribution is 0.0975. The minimum atomic E-state index is -0.221. The zero-order valence-corrected chi connectivity index (χ0v) is 10.5. The van der Waals surface area contributed by atoms with Crippen LogP contribution in [0.1, 0.15) is 33.0 Å². The lowest BCUT2D eigenvalue weighted by Gasteiger charge is -2.24. The molecule has 0 amide bonds. The summed E-state index contributed by atoms with van der Waals surface area (Å²) >= 11 is 0. The number of hydrogen-bond acceptors (Lipinski definition) is 5. The monoisotopic (exact) mass is 227 g/mol. The summed E-state index contributed by atoms with van der Waals surface area (Å²) in [6, 6.07) is 0. The summed E-state index contributed by atoms with van der Waals surface area (Å²) in [6.07, 6.45) is 1.10. The van der Waals surface area contributed by atoms with Crippen molar-refractivity contribution in [3.8, 4) is 0 Å². The van der Waals surface area contributed by atoms with E-state index in [0.717, 1.165) is 18.8 Å². The molecule has 0 atom stereocenters. The molecular formula is C10H21N5O. The first-order valence-electron chi connectivity index (χ1n) is 5.59. The van der Waals surface area contributed by atoms with Crippen LogP contribution in [0.25, 0.3) is 0 Å². The molecule has 0 aliphatic rings. The number of rotatable bonds is 7. The van der Waals surface area contributed by atoms with Crippen LogP contribution in [-0.2, 0) is 16.8 Å². The third-order valence-corrected chi connectivity index (χ3v) is 2.31. The molecule has 0 aromatic carbocycles. The molecule has 1 rings (SSSR count). The summed E-state index contributed by atoms with van der Waals surface area (Å²) in [4.78, 5) is 0. The first kappa shape index (κ1) is 13.1. The van der Waals surface area contributed by atoms with E-state index >= 15 is 0 Å². The van der Waals surface area contributed by atoms with Gasteiger partial charge in [-0.15, -0.1) is 5.10 Å². The highest BCUT2D eigenvalue weighted by Gasteiger charge is 2.24. The van der Waals surface area contributed by atoms with E-state index in [-0.39, 0.29) is 5.54 Å². The molecule has 0 bridgehead atoms. The molecule has 0 saturated heterocycles. The fourth-order valence-corrected chi connectivity index (χ4v) is 1.58. The lowest BCUT2D eigenvalue weighted by Crippen LogP contribution is -2.35. The van der Waals surface area contributed by atoms with Gasteiger partial charge in [0.2, 0.25) is 0 Å². The molecule has 1 heterocycles. The van der Waals surface area contributed by atoms with Gasteiger partial charge >= 0.3 is 0 Å². The number of methoxy groups -OCH3 is 1. The van der Waals surface area contributed by atoms with Crippen LogP contribution in [0.15, 0.2) is 0 Å². The Bertz CT molecular complexity index is 310. The second-order valence-corrected chi connectivity index (χ2v) is 4.43. The molecule has 1 aromatic heterocycles. The van der Waals surface area contributed by atoms with Gasteiger partial charge in [-0.25, -0.2) is 4.68 Å². The van der Waals surface area contributed by atoms with Crippen LogP contribution >= 0.6 is 0 Å². The van der Waals surface area contributed by atoms with Gasteiger partial charge in [0.15, 0.2) is 5.82 Å². The minimum Gasteiger partial charge on any atom is -0.382 e. The van der Waals surface area contributed by atoms with E-state index < -0.39 is 0 Å². The number of aromatic nitrogens is 4. The molecule has 0 radical (unpaired) electrons. The third-order valence-electron chi connectivity index (χ3n) is 2.31. The summed E-state index contributed by atoms with van der Waals surface area (Å²) in [5.74, 6) is 0.843. The summed E-state index contributed by atoms with van der Waals surface area (Å²) in [7, 11) is 1.68. The van der Waals surface area contributed by atoms with Crippen LogP contribution in [-0.4, -0.2) is 40.5 Å². The predicted octanol–water partition coefficient (Wildman–Crippen LogP) is 0.554. The van der Waals surface area contributed by atoms with E-state index in [1.807, 2.05) is 4.68 Å². The van der Waals surface area contributed by atoms with Gasteiger partial charge in [0.25, 0.3) is 0 Å². The van der Waals surface area contributed by atoms with Crippen LogP contribution in [0.5, 0.6) is 0 Å². The molecule has 0 unspecified atom stereocenters. The first-order valence-corrected chi connectivity index (χ1v) is 5.59. The molecule has 92 valence electrons. The van der Waals surface area contributed by atoms with Gasteiger partial charge in [-0.2, -0.15) is 0 Å². The zero-order valence-electron chi connectivity index (χ0n) is 10.5.